The van der Waals surface area contributed by atoms with E-state index >= 15 is 0 Å². The Morgan fingerprint density at radius 3 is 2.82 bits per heavy atom. The van der Waals surface area contributed by atoms with Crippen LogP contribution >= 0.6 is 0 Å². The van der Waals surface area contributed by atoms with Crippen LogP contribution in [0.2, 0.25) is 0 Å². The summed E-state index contributed by atoms with van der Waals surface area (Å²) in [5, 5.41) is 3.23. The van der Waals surface area contributed by atoms with E-state index in [-0.39, 0.29) is 11.9 Å². The van der Waals surface area contributed by atoms with Crippen LogP contribution in [-0.2, 0) is 9.53 Å². The average molecular weight is 237 g/mol. The fourth-order valence-electron chi connectivity index (χ4n) is 2.75. The SMILES string of the molecule is C#CCNC1(C(=O)OCC)CCC(C)CC1C. The number of carbonyl (C=O) groups excluding carboxylic acids is 1. The van der Waals surface area contributed by atoms with E-state index in [0.29, 0.717) is 19.1 Å². The van der Waals surface area contributed by atoms with Crippen LogP contribution in [0.1, 0.15) is 40.0 Å². The predicted molar refractivity (Wildman–Crippen MR) is 68.4 cm³/mol. The second-order valence-electron chi connectivity index (χ2n) is 5.03. The van der Waals surface area contributed by atoms with Gasteiger partial charge in [-0.2, -0.15) is 0 Å². The molecular formula is C14H23NO2. The molecular weight excluding hydrogens is 214 g/mol. The lowest BCUT2D eigenvalue weighted by Crippen LogP contribution is -2.59. The Morgan fingerprint density at radius 1 is 1.59 bits per heavy atom. The molecule has 0 saturated heterocycles. The van der Waals surface area contributed by atoms with E-state index in [1.807, 2.05) is 6.92 Å². The van der Waals surface area contributed by atoms with E-state index in [1.165, 1.54) is 0 Å². The van der Waals surface area contributed by atoms with Gasteiger partial charge in [-0.15, -0.1) is 6.42 Å². The van der Waals surface area contributed by atoms with Crippen molar-refractivity contribution in [3.63, 3.8) is 0 Å². The van der Waals surface area contributed by atoms with E-state index < -0.39 is 5.54 Å². The van der Waals surface area contributed by atoms with Crippen LogP contribution in [0.4, 0.5) is 0 Å². The first-order valence-corrected chi connectivity index (χ1v) is 6.42. The summed E-state index contributed by atoms with van der Waals surface area (Å²) in [6.07, 6.45) is 8.18. The lowest BCUT2D eigenvalue weighted by Gasteiger charge is -2.42. The van der Waals surface area contributed by atoms with Crippen molar-refractivity contribution < 1.29 is 9.53 Å². The van der Waals surface area contributed by atoms with Crippen molar-refractivity contribution in [1.29, 1.82) is 0 Å². The molecule has 0 heterocycles. The standard InChI is InChI=1S/C14H23NO2/c1-5-9-15-14(13(16)17-6-2)8-7-11(3)10-12(14)4/h1,11-12,15H,6-10H2,2-4H3. The summed E-state index contributed by atoms with van der Waals surface area (Å²) in [6.45, 7) is 7.00. The molecule has 0 radical (unpaired) electrons. The largest absolute Gasteiger partial charge is 0.465 e. The Labute approximate surface area is 104 Å². The Bertz CT molecular complexity index is 308. The number of carbonyl (C=O) groups is 1. The van der Waals surface area contributed by atoms with Crippen molar-refractivity contribution in [2.45, 2.75) is 45.6 Å². The van der Waals surface area contributed by atoms with Gasteiger partial charge in [0.15, 0.2) is 0 Å². The molecule has 0 aromatic rings. The molecule has 1 aliphatic carbocycles. The van der Waals surface area contributed by atoms with Gasteiger partial charge < -0.3 is 4.74 Å². The molecule has 3 nitrogen and oxygen atoms in total. The van der Waals surface area contributed by atoms with Crippen molar-refractivity contribution in [3.05, 3.63) is 0 Å². The molecule has 1 rings (SSSR count). The number of rotatable bonds is 4. The molecule has 1 N–H and O–H groups in total. The molecule has 1 fully saturated rings. The van der Waals surface area contributed by atoms with E-state index in [2.05, 4.69) is 25.1 Å². The third-order valence-electron chi connectivity index (χ3n) is 3.77. The van der Waals surface area contributed by atoms with Gasteiger partial charge >= 0.3 is 5.97 Å². The summed E-state index contributed by atoms with van der Waals surface area (Å²) >= 11 is 0. The second-order valence-corrected chi connectivity index (χ2v) is 5.03. The van der Waals surface area contributed by atoms with Crippen LogP contribution in [0.5, 0.6) is 0 Å². The normalized spacial score (nSPS) is 32.8. The van der Waals surface area contributed by atoms with Crippen LogP contribution in [0.3, 0.4) is 0 Å². The Morgan fingerprint density at radius 2 is 2.29 bits per heavy atom. The minimum atomic E-state index is -0.575. The summed E-state index contributed by atoms with van der Waals surface area (Å²) in [5.41, 5.74) is -0.575. The lowest BCUT2D eigenvalue weighted by atomic mass is 9.70. The van der Waals surface area contributed by atoms with Gasteiger partial charge in [-0.25, -0.2) is 0 Å². The van der Waals surface area contributed by atoms with Gasteiger partial charge in [-0.05, 0) is 38.0 Å². The minimum Gasteiger partial charge on any atom is -0.465 e. The summed E-state index contributed by atoms with van der Waals surface area (Å²) < 4.78 is 5.22. The highest BCUT2D eigenvalue weighted by Crippen LogP contribution is 2.37. The predicted octanol–water partition coefficient (Wildman–Crippen LogP) is 1.97. The molecule has 96 valence electrons. The molecule has 1 saturated carbocycles. The van der Waals surface area contributed by atoms with Gasteiger partial charge in [0.25, 0.3) is 0 Å². The highest BCUT2D eigenvalue weighted by molar-refractivity contribution is 5.81. The molecule has 0 bridgehead atoms. The molecule has 0 amide bonds. The maximum absolute atomic E-state index is 12.2. The van der Waals surface area contributed by atoms with Crippen molar-refractivity contribution in [3.8, 4) is 12.3 Å². The fraction of sp³-hybridized carbons (Fsp3) is 0.786. The van der Waals surface area contributed by atoms with Gasteiger partial charge in [0, 0.05) is 0 Å². The zero-order valence-electron chi connectivity index (χ0n) is 11.1. The minimum absolute atomic E-state index is 0.144. The average Bonchev–Trinajstić information content (AvgIpc) is 2.29. The molecule has 1 aliphatic rings. The summed E-state index contributed by atoms with van der Waals surface area (Å²) in [4.78, 5) is 12.2. The van der Waals surface area contributed by atoms with Crippen molar-refractivity contribution in [1.82, 2.24) is 5.32 Å². The fourth-order valence-corrected chi connectivity index (χ4v) is 2.75. The molecule has 0 aliphatic heterocycles. The van der Waals surface area contributed by atoms with Gasteiger partial charge in [-0.1, -0.05) is 19.8 Å². The van der Waals surface area contributed by atoms with Crippen LogP contribution in [0.15, 0.2) is 0 Å². The lowest BCUT2D eigenvalue weighted by molar-refractivity contribution is -0.155. The van der Waals surface area contributed by atoms with Gasteiger partial charge in [0.2, 0.25) is 0 Å². The van der Waals surface area contributed by atoms with Gasteiger partial charge in [0.1, 0.15) is 5.54 Å². The first-order valence-electron chi connectivity index (χ1n) is 6.42. The summed E-state index contributed by atoms with van der Waals surface area (Å²) in [7, 11) is 0. The monoisotopic (exact) mass is 237 g/mol. The molecule has 3 atom stereocenters. The number of ether oxygens (including phenoxy) is 1. The third-order valence-corrected chi connectivity index (χ3v) is 3.77. The van der Waals surface area contributed by atoms with Crippen LogP contribution < -0.4 is 5.32 Å². The van der Waals surface area contributed by atoms with Crippen molar-refractivity contribution in [2.24, 2.45) is 11.8 Å². The van der Waals surface area contributed by atoms with E-state index in [4.69, 9.17) is 11.2 Å². The highest BCUT2D eigenvalue weighted by Gasteiger charge is 2.47. The van der Waals surface area contributed by atoms with Crippen LogP contribution in [0, 0.1) is 24.2 Å². The summed E-state index contributed by atoms with van der Waals surface area (Å²) in [6, 6.07) is 0. The van der Waals surface area contributed by atoms with E-state index in [0.717, 1.165) is 19.3 Å². The Hall–Kier alpha value is -1.01. The van der Waals surface area contributed by atoms with Crippen molar-refractivity contribution in [2.75, 3.05) is 13.2 Å². The molecule has 0 aromatic heterocycles. The highest BCUT2D eigenvalue weighted by atomic mass is 16.5. The maximum Gasteiger partial charge on any atom is 0.326 e. The number of nitrogens with one attached hydrogen (secondary N) is 1. The van der Waals surface area contributed by atoms with Crippen LogP contribution in [0.25, 0.3) is 0 Å². The van der Waals surface area contributed by atoms with Gasteiger partial charge in [0.05, 0.1) is 13.2 Å². The smallest absolute Gasteiger partial charge is 0.326 e. The first-order chi connectivity index (χ1) is 8.06. The summed E-state index contributed by atoms with van der Waals surface area (Å²) in [5.74, 6) is 3.34. The van der Waals surface area contributed by atoms with E-state index in [1.54, 1.807) is 0 Å². The Balaban J connectivity index is 2.85. The van der Waals surface area contributed by atoms with Gasteiger partial charge in [-0.3, -0.25) is 10.1 Å². The molecule has 0 aromatic carbocycles. The maximum atomic E-state index is 12.2. The zero-order valence-corrected chi connectivity index (χ0v) is 11.1. The Kier molecular flexibility index (Phi) is 5.02. The molecule has 0 spiro atoms. The number of terminal acetylenes is 1. The zero-order chi connectivity index (χ0) is 12.9. The number of hydrogen-bond acceptors (Lipinski definition) is 3. The second kappa shape index (κ2) is 6.07. The first kappa shape index (κ1) is 14.1. The number of esters is 1. The topological polar surface area (TPSA) is 38.3 Å². The quantitative estimate of drug-likeness (QED) is 0.600. The molecule has 3 unspecified atom stereocenters. The third kappa shape index (κ3) is 3.01. The van der Waals surface area contributed by atoms with Crippen LogP contribution in [-0.4, -0.2) is 24.7 Å². The van der Waals surface area contributed by atoms with E-state index in [9.17, 15) is 4.79 Å². The molecule has 17 heavy (non-hydrogen) atoms. The molecule has 3 heteroatoms. The van der Waals surface area contributed by atoms with Crippen molar-refractivity contribution >= 4 is 5.97 Å². The number of hydrogen-bond donors (Lipinski definition) is 1.